The summed E-state index contributed by atoms with van der Waals surface area (Å²) in [7, 11) is -1.94. The largest absolute Gasteiger partial charge is 0.410 e. The summed E-state index contributed by atoms with van der Waals surface area (Å²) in [5.74, 6) is 0. The zero-order chi connectivity index (χ0) is 21.7. The van der Waals surface area contributed by atoms with Gasteiger partial charge in [0.15, 0.2) is 8.32 Å². The van der Waals surface area contributed by atoms with Crippen molar-refractivity contribution in [2.24, 2.45) is 0 Å². The van der Waals surface area contributed by atoms with Crippen molar-refractivity contribution < 1.29 is 18.7 Å². The van der Waals surface area contributed by atoms with Crippen molar-refractivity contribution >= 4 is 14.6 Å². The van der Waals surface area contributed by atoms with Crippen LogP contribution in [-0.4, -0.2) is 39.0 Å². The number of ether oxygens (including phenoxy) is 2. The zero-order valence-electron chi connectivity index (χ0n) is 19.2. The second-order valence-corrected chi connectivity index (χ2v) is 14.6. The van der Waals surface area contributed by atoms with Crippen LogP contribution in [0.3, 0.4) is 0 Å². The lowest BCUT2D eigenvalue weighted by Gasteiger charge is -2.39. The topological polar surface area (TPSA) is 48.1 Å². The van der Waals surface area contributed by atoms with Gasteiger partial charge >= 0.3 is 0 Å². The number of allylic oxidation sites excluding steroid dienone is 1. The lowest BCUT2D eigenvalue weighted by atomic mass is 9.99. The molecule has 1 saturated heterocycles. The maximum absolute atomic E-state index is 10.8. The molecule has 0 amide bonds. The van der Waals surface area contributed by atoms with Crippen LogP contribution in [0.2, 0.25) is 18.1 Å². The van der Waals surface area contributed by atoms with Gasteiger partial charge in [-0.15, -0.1) is 0 Å². The summed E-state index contributed by atoms with van der Waals surface area (Å²) >= 11 is 0. The summed E-state index contributed by atoms with van der Waals surface area (Å²) in [5.41, 5.74) is 2.01. The van der Waals surface area contributed by atoms with Crippen molar-refractivity contribution in [1.29, 1.82) is 0 Å². The van der Waals surface area contributed by atoms with E-state index in [-0.39, 0.29) is 22.8 Å². The highest BCUT2D eigenvalue weighted by atomic mass is 28.4. The minimum Gasteiger partial charge on any atom is -0.410 e. The second-order valence-electron chi connectivity index (χ2n) is 9.85. The molecule has 0 aromatic heterocycles. The molecule has 1 heterocycles. The number of carbonyl (C=O) groups is 1. The van der Waals surface area contributed by atoms with Crippen LogP contribution in [0.15, 0.2) is 42.0 Å². The third-order valence-electron chi connectivity index (χ3n) is 6.25. The van der Waals surface area contributed by atoms with Crippen LogP contribution in [0.4, 0.5) is 0 Å². The standard InChI is InChI=1S/C24H38O4Si/c1-19(12-11-15-25)21(28-29(6,7)23(2,3)4)16-22-24(5,27-22)18-26-17-20-13-9-8-10-14-20/h8-10,12-15,21-22H,11,16-18H2,1-7H3/b19-12+/t21-,22+,24+/m1/s1. The van der Waals surface area contributed by atoms with E-state index in [1.807, 2.05) is 24.3 Å². The smallest absolute Gasteiger partial charge is 0.192 e. The maximum atomic E-state index is 10.8. The summed E-state index contributed by atoms with van der Waals surface area (Å²) in [6.07, 6.45) is 4.20. The Morgan fingerprint density at radius 1 is 1.28 bits per heavy atom. The predicted octanol–water partition coefficient (Wildman–Crippen LogP) is 5.68. The number of hydrogen-bond donors (Lipinski definition) is 0. The van der Waals surface area contributed by atoms with E-state index in [1.165, 1.54) is 5.56 Å². The van der Waals surface area contributed by atoms with Gasteiger partial charge in [0.05, 0.1) is 25.4 Å². The van der Waals surface area contributed by atoms with Gasteiger partial charge in [0.25, 0.3) is 0 Å². The first-order chi connectivity index (χ1) is 13.5. The Kier molecular flexibility index (Phi) is 8.02. The number of epoxide rings is 1. The van der Waals surface area contributed by atoms with Crippen molar-refractivity contribution in [3.8, 4) is 0 Å². The third-order valence-corrected chi connectivity index (χ3v) is 10.7. The SMILES string of the molecule is C/C(=C\CC=O)[C@@H](C[C@@H]1O[C@@]1(C)COCc1ccccc1)O[Si](C)(C)C(C)(C)C. The zero-order valence-corrected chi connectivity index (χ0v) is 20.2. The molecule has 5 heteroatoms. The van der Waals surface area contributed by atoms with Crippen molar-refractivity contribution in [2.75, 3.05) is 6.61 Å². The molecule has 4 nitrogen and oxygen atoms in total. The second kappa shape index (κ2) is 9.69. The molecular formula is C24H38O4Si. The highest BCUT2D eigenvalue weighted by Crippen LogP contribution is 2.43. The van der Waals surface area contributed by atoms with E-state index in [0.29, 0.717) is 19.6 Å². The van der Waals surface area contributed by atoms with Crippen molar-refractivity contribution in [3.63, 3.8) is 0 Å². The first kappa shape index (κ1) is 24.0. The van der Waals surface area contributed by atoms with Crippen LogP contribution >= 0.6 is 0 Å². The first-order valence-electron chi connectivity index (χ1n) is 10.6. The lowest BCUT2D eigenvalue weighted by molar-refractivity contribution is -0.107. The molecule has 1 aliphatic rings. The van der Waals surface area contributed by atoms with E-state index in [1.54, 1.807) is 0 Å². The Morgan fingerprint density at radius 3 is 2.52 bits per heavy atom. The van der Waals surface area contributed by atoms with Crippen LogP contribution < -0.4 is 0 Å². The Labute approximate surface area is 177 Å². The van der Waals surface area contributed by atoms with E-state index in [0.717, 1.165) is 18.3 Å². The Morgan fingerprint density at radius 2 is 1.93 bits per heavy atom. The Bertz CT molecular complexity index is 693. The van der Waals surface area contributed by atoms with Gasteiger partial charge in [-0.3, -0.25) is 0 Å². The van der Waals surface area contributed by atoms with Gasteiger partial charge < -0.3 is 18.7 Å². The van der Waals surface area contributed by atoms with Crippen LogP contribution in [0.25, 0.3) is 0 Å². The minimum atomic E-state index is -1.94. The fraction of sp³-hybridized carbons (Fsp3) is 0.625. The number of rotatable bonds is 11. The highest BCUT2D eigenvalue weighted by molar-refractivity contribution is 6.74. The fourth-order valence-corrected chi connectivity index (χ4v) is 4.43. The minimum absolute atomic E-state index is 0.0307. The molecule has 162 valence electrons. The van der Waals surface area contributed by atoms with E-state index < -0.39 is 8.32 Å². The van der Waals surface area contributed by atoms with Gasteiger partial charge in [-0.05, 0) is 43.1 Å². The van der Waals surface area contributed by atoms with Gasteiger partial charge in [0, 0.05) is 12.8 Å². The normalized spacial score (nSPS) is 23.7. The van der Waals surface area contributed by atoms with Crippen molar-refractivity contribution in [3.05, 3.63) is 47.5 Å². The average Bonchev–Trinajstić information content (AvgIpc) is 3.28. The molecule has 0 unspecified atom stereocenters. The molecule has 2 rings (SSSR count). The van der Waals surface area contributed by atoms with E-state index in [9.17, 15) is 4.79 Å². The van der Waals surface area contributed by atoms with Gasteiger partial charge in [-0.25, -0.2) is 0 Å². The molecule has 1 aromatic rings. The maximum Gasteiger partial charge on any atom is 0.192 e. The highest BCUT2D eigenvalue weighted by Gasteiger charge is 2.54. The molecule has 1 fully saturated rings. The molecule has 0 spiro atoms. The van der Waals surface area contributed by atoms with Crippen LogP contribution in [0.1, 0.15) is 53.0 Å². The monoisotopic (exact) mass is 418 g/mol. The van der Waals surface area contributed by atoms with Gasteiger partial charge in [-0.2, -0.15) is 0 Å². The van der Waals surface area contributed by atoms with Crippen LogP contribution in [-0.2, 0) is 25.3 Å². The molecule has 0 N–H and O–H groups in total. The van der Waals surface area contributed by atoms with Crippen LogP contribution in [0, 0.1) is 0 Å². The average molecular weight is 419 g/mol. The molecule has 29 heavy (non-hydrogen) atoms. The summed E-state index contributed by atoms with van der Waals surface area (Å²) in [6, 6.07) is 10.2. The van der Waals surface area contributed by atoms with E-state index in [4.69, 9.17) is 13.9 Å². The van der Waals surface area contributed by atoms with Crippen molar-refractivity contribution in [1.82, 2.24) is 0 Å². The molecule has 1 aliphatic heterocycles. The summed E-state index contributed by atoms with van der Waals surface area (Å²) in [5, 5.41) is 0.128. The predicted molar refractivity (Wildman–Crippen MR) is 121 cm³/mol. The molecule has 0 aliphatic carbocycles. The Balaban J connectivity index is 1.97. The summed E-state index contributed by atoms with van der Waals surface area (Å²) in [6.45, 7) is 16.6. The number of carbonyl (C=O) groups excluding carboxylic acids is 1. The van der Waals surface area contributed by atoms with Crippen LogP contribution in [0.5, 0.6) is 0 Å². The summed E-state index contributed by atoms with van der Waals surface area (Å²) in [4.78, 5) is 10.8. The molecule has 0 bridgehead atoms. The molecule has 1 aromatic carbocycles. The van der Waals surface area contributed by atoms with E-state index in [2.05, 4.69) is 59.8 Å². The number of hydrogen-bond acceptors (Lipinski definition) is 4. The molecule has 3 atom stereocenters. The number of aldehydes is 1. The summed E-state index contributed by atoms with van der Waals surface area (Å²) < 4.78 is 18.7. The Hall–Kier alpha value is -1.27. The first-order valence-corrected chi connectivity index (χ1v) is 13.5. The fourth-order valence-electron chi connectivity index (χ4n) is 3.08. The van der Waals surface area contributed by atoms with E-state index >= 15 is 0 Å². The molecule has 0 saturated carbocycles. The number of benzene rings is 1. The van der Waals surface area contributed by atoms with Crippen molar-refractivity contribution in [2.45, 2.75) is 90.0 Å². The molecular weight excluding hydrogens is 380 g/mol. The van der Waals surface area contributed by atoms with Gasteiger partial charge in [-0.1, -0.05) is 57.2 Å². The van der Waals surface area contributed by atoms with Gasteiger partial charge in [0.2, 0.25) is 0 Å². The quantitative estimate of drug-likeness (QED) is 0.201. The lowest BCUT2D eigenvalue weighted by Crippen LogP contribution is -2.44. The third kappa shape index (κ3) is 6.88. The van der Waals surface area contributed by atoms with Gasteiger partial charge in [0.1, 0.15) is 11.9 Å². The molecule has 0 radical (unpaired) electrons.